The van der Waals surface area contributed by atoms with E-state index in [4.69, 9.17) is 13.9 Å². The first-order valence-electron chi connectivity index (χ1n) is 11.2. The zero-order valence-electron chi connectivity index (χ0n) is 19.1. The number of nitrogens with zero attached hydrogens (tertiary/aromatic N) is 1. The maximum atomic E-state index is 12.9. The van der Waals surface area contributed by atoms with Gasteiger partial charge >= 0.3 is 5.63 Å². The van der Waals surface area contributed by atoms with Crippen LogP contribution in [0.5, 0.6) is 11.5 Å². The first kappa shape index (κ1) is 22.1. The molecule has 1 fully saturated rings. The Bertz CT molecular complexity index is 1170. The maximum Gasteiger partial charge on any atom is 0.336 e. The van der Waals surface area contributed by atoms with Crippen molar-refractivity contribution < 1.29 is 23.5 Å². The zero-order valence-corrected chi connectivity index (χ0v) is 19.1. The Labute approximate surface area is 187 Å². The lowest BCUT2D eigenvalue weighted by atomic mass is 9.91. The fraction of sp³-hybridized carbons (Fsp3) is 0.480. The van der Waals surface area contributed by atoms with Crippen molar-refractivity contribution in [1.82, 2.24) is 4.90 Å². The van der Waals surface area contributed by atoms with E-state index in [1.807, 2.05) is 30.9 Å². The molecule has 1 amide bonds. The average molecular weight is 440 g/mol. The van der Waals surface area contributed by atoms with Gasteiger partial charge in [-0.1, -0.05) is 6.92 Å². The summed E-state index contributed by atoms with van der Waals surface area (Å²) in [4.78, 5) is 39.9. The van der Waals surface area contributed by atoms with Crippen molar-refractivity contribution in [3.05, 3.63) is 39.3 Å². The summed E-state index contributed by atoms with van der Waals surface area (Å²) in [5.74, 6) is 0.711. The fourth-order valence-electron chi connectivity index (χ4n) is 4.49. The van der Waals surface area contributed by atoms with E-state index in [1.54, 1.807) is 6.92 Å². The molecule has 0 saturated carbocycles. The molecule has 4 rings (SSSR count). The highest BCUT2D eigenvalue weighted by atomic mass is 16.5. The molecule has 0 unspecified atom stereocenters. The number of benzene rings is 1. The standard InChI is InChI=1S/C25H29NO6/c1-5-17(27)21-22(30-4)16-10-11-25(2,3)32-23(16)20-15(14-19(29)31-24(20)21)8-9-18(28)26-12-6-7-13-26/h10-11,14H,5-9,12-13H2,1-4H3. The smallest absolute Gasteiger partial charge is 0.336 e. The number of hydrogen-bond donors (Lipinski definition) is 0. The van der Waals surface area contributed by atoms with Gasteiger partial charge in [0.25, 0.3) is 0 Å². The van der Waals surface area contributed by atoms with Crippen molar-refractivity contribution in [3.8, 4) is 11.5 Å². The molecule has 0 aliphatic carbocycles. The first-order valence-corrected chi connectivity index (χ1v) is 11.2. The molecule has 0 bridgehead atoms. The van der Waals surface area contributed by atoms with Crippen molar-refractivity contribution >= 4 is 28.7 Å². The highest BCUT2D eigenvalue weighted by molar-refractivity contribution is 6.12. The van der Waals surface area contributed by atoms with Crippen LogP contribution in [0.4, 0.5) is 0 Å². The predicted octanol–water partition coefficient (Wildman–Crippen LogP) is 4.13. The summed E-state index contributed by atoms with van der Waals surface area (Å²) < 4.78 is 17.5. The van der Waals surface area contributed by atoms with Gasteiger partial charge in [-0.05, 0) is 50.8 Å². The van der Waals surface area contributed by atoms with Crippen LogP contribution in [-0.2, 0) is 11.2 Å². The number of hydrogen-bond acceptors (Lipinski definition) is 6. The number of likely N-dealkylation sites (tertiary alicyclic amines) is 1. The van der Waals surface area contributed by atoms with Crippen molar-refractivity contribution in [1.29, 1.82) is 0 Å². The van der Waals surface area contributed by atoms with E-state index in [1.165, 1.54) is 13.2 Å². The van der Waals surface area contributed by atoms with Gasteiger partial charge in [0.1, 0.15) is 22.7 Å². The second-order valence-corrected chi connectivity index (χ2v) is 8.85. The fourth-order valence-corrected chi connectivity index (χ4v) is 4.49. The molecule has 0 N–H and O–H groups in total. The molecule has 2 aromatic rings. The van der Waals surface area contributed by atoms with Crippen molar-refractivity contribution in [2.45, 2.75) is 58.5 Å². The molecule has 1 saturated heterocycles. The molecule has 0 spiro atoms. The minimum Gasteiger partial charge on any atom is -0.495 e. The van der Waals surface area contributed by atoms with E-state index >= 15 is 0 Å². The first-order chi connectivity index (χ1) is 15.3. The minimum atomic E-state index is -0.597. The lowest BCUT2D eigenvalue weighted by Gasteiger charge is -2.30. The molecule has 7 nitrogen and oxygen atoms in total. The topological polar surface area (TPSA) is 86.1 Å². The number of carbonyl (C=O) groups is 2. The third-order valence-corrected chi connectivity index (χ3v) is 6.10. The van der Waals surface area contributed by atoms with Gasteiger partial charge in [0, 0.05) is 32.0 Å². The summed E-state index contributed by atoms with van der Waals surface area (Å²) in [5.41, 5.74) is 0.506. The number of methoxy groups -OCH3 is 1. The van der Waals surface area contributed by atoms with Crippen LogP contribution < -0.4 is 15.1 Å². The van der Waals surface area contributed by atoms with Gasteiger partial charge in [-0.25, -0.2) is 4.79 Å². The number of ketones is 1. The summed E-state index contributed by atoms with van der Waals surface area (Å²) in [5, 5.41) is 0.559. The Balaban J connectivity index is 1.93. The number of rotatable bonds is 6. The molecule has 1 aromatic carbocycles. The summed E-state index contributed by atoms with van der Waals surface area (Å²) in [6.45, 7) is 7.15. The second kappa shape index (κ2) is 8.45. The van der Waals surface area contributed by atoms with Gasteiger partial charge in [0.05, 0.1) is 18.1 Å². The number of carbonyl (C=O) groups excluding carboxylic acids is 2. The number of aryl methyl sites for hydroxylation is 1. The Kier molecular flexibility index (Phi) is 5.84. The van der Waals surface area contributed by atoms with Crippen LogP contribution in [0.25, 0.3) is 17.0 Å². The van der Waals surface area contributed by atoms with Crippen molar-refractivity contribution in [3.63, 3.8) is 0 Å². The van der Waals surface area contributed by atoms with Gasteiger partial charge in [-0.3, -0.25) is 9.59 Å². The highest BCUT2D eigenvalue weighted by Gasteiger charge is 2.33. The van der Waals surface area contributed by atoms with Crippen molar-refractivity contribution in [2.75, 3.05) is 20.2 Å². The average Bonchev–Trinajstić information content (AvgIpc) is 3.30. The largest absolute Gasteiger partial charge is 0.495 e. The van der Waals surface area contributed by atoms with Gasteiger partial charge in [-0.2, -0.15) is 0 Å². The Morgan fingerprint density at radius 1 is 1.22 bits per heavy atom. The molecule has 0 radical (unpaired) electrons. The van der Waals surface area contributed by atoms with E-state index in [-0.39, 0.29) is 35.7 Å². The number of ether oxygens (including phenoxy) is 2. The van der Waals surface area contributed by atoms with Crippen LogP contribution >= 0.6 is 0 Å². The molecule has 1 aromatic heterocycles. The highest BCUT2D eigenvalue weighted by Crippen LogP contribution is 2.47. The maximum absolute atomic E-state index is 12.9. The molecule has 2 aliphatic heterocycles. The van der Waals surface area contributed by atoms with Crippen LogP contribution in [-0.4, -0.2) is 42.4 Å². The molecular weight excluding hydrogens is 410 g/mol. The lowest BCUT2D eigenvalue weighted by Crippen LogP contribution is -2.29. The third kappa shape index (κ3) is 3.92. The molecule has 170 valence electrons. The van der Waals surface area contributed by atoms with E-state index in [0.29, 0.717) is 34.4 Å². The summed E-state index contributed by atoms with van der Waals surface area (Å²) in [7, 11) is 1.48. The normalized spacial score (nSPS) is 16.7. The number of Topliss-reactive ketones (excluding diaryl/α,β-unsaturated/α-hetero) is 1. The van der Waals surface area contributed by atoms with Gasteiger partial charge in [0.15, 0.2) is 11.4 Å². The third-order valence-electron chi connectivity index (χ3n) is 6.10. The van der Waals surface area contributed by atoms with Gasteiger partial charge < -0.3 is 18.8 Å². The summed E-state index contributed by atoms with van der Waals surface area (Å²) in [6.07, 6.45) is 6.68. The number of fused-ring (bicyclic) bond motifs is 3. The zero-order chi connectivity index (χ0) is 23.0. The lowest BCUT2D eigenvalue weighted by molar-refractivity contribution is -0.130. The minimum absolute atomic E-state index is 0.0669. The van der Waals surface area contributed by atoms with Crippen LogP contribution in [0.15, 0.2) is 21.4 Å². The van der Waals surface area contributed by atoms with Gasteiger partial charge in [0.2, 0.25) is 5.91 Å². The SMILES string of the molecule is CCC(=O)c1c(OC)c2c(c3c(CCC(=O)N4CCCC4)cc(=O)oc13)OC(C)(C)C=C2. The van der Waals surface area contributed by atoms with Crippen LogP contribution in [0, 0.1) is 0 Å². The van der Waals surface area contributed by atoms with Gasteiger partial charge in [-0.15, -0.1) is 0 Å². The predicted molar refractivity (Wildman–Crippen MR) is 122 cm³/mol. The quantitative estimate of drug-likeness (QED) is 0.497. The van der Waals surface area contributed by atoms with Crippen LogP contribution in [0.3, 0.4) is 0 Å². The van der Waals surface area contributed by atoms with Crippen molar-refractivity contribution in [2.24, 2.45) is 0 Å². The van der Waals surface area contributed by atoms with E-state index < -0.39 is 11.2 Å². The van der Waals surface area contributed by atoms with E-state index in [2.05, 4.69) is 0 Å². The molecule has 3 heterocycles. The van der Waals surface area contributed by atoms with E-state index in [0.717, 1.165) is 25.9 Å². The summed E-state index contributed by atoms with van der Waals surface area (Å²) in [6, 6.07) is 1.40. The van der Waals surface area contributed by atoms with Crippen LogP contribution in [0.2, 0.25) is 0 Å². The Morgan fingerprint density at radius 2 is 1.94 bits per heavy atom. The van der Waals surface area contributed by atoms with Crippen LogP contribution in [0.1, 0.15) is 67.9 Å². The molecule has 32 heavy (non-hydrogen) atoms. The monoisotopic (exact) mass is 439 g/mol. The Hall–Kier alpha value is -3.09. The van der Waals surface area contributed by atoms with E-state index in [9.17, 15) is 14.4 Å². The molecular formula is C25H29NO6. The Morgan fingerprint density at radius 3 is 2.59 bits per heavy atom. The summed E-state index contributed by atoms with van der Waals surface area (Å²) >= 11 is 0. The molecule has 2 aliphatic rings. The second-order valence-electron chi connectivity index (χ2n) is 8.85. The molecule has 0 atom stereocenters. The molecule has 7 heteroatoms. The number of amides is 1.